The third-order valence-corrected chi connectivity index (χ3v) is 3.30. The van der Waals surface area contributed by atoms with Crippen LogP contribution in [-0.2, 0) is 4.74 Å². The van der Waals surface area contributed by atoms with Gasteiger partial charge in [0.25, 0.3) is 0 Å². The van der Waals surface area contributed by atoms with Crippen LogP contribution in [0.15, 0.2) is 12.2 Å². The second kappa shape index (κ2) is 15.7. The SMILES string of the molecule is CCCCCC/C=C\CC[C@@H](O)CCOCCCC. The van der Waals surface area contributed by atoms with Crippen molar-refractivity contribution in [2.24, 2.45) is 0 Å². The molecule has 1 atom stereocenters. The van der Waals surface area contributed by atoms with Crippen LogP contribution in [0.25, 0.3) is 0 Å². The van der Waals surface area contributed by atoms with Crippen molar-refractivity contribution in [2.45, 2.75) is 84.2 Å². The van der Waals surface area contributed by atoms with Crippen molar-refractivity contribution in [3.05, 3.63) is 12.2 Å². The minimum Gasteiger partial charge on any atom is -0.393 e. The Morgan fingerprint density at radius 3 is 2.32 bits per heavy atom. The van der Waals surface area contributed by atoms with E-state index < -0.39 is 0 Å². The molecule has 0 rings (SSSR count). The van der Waals surface area contributed by atoms with Crippen LogP contribution in [0.5, 0.6) is 0 Å². The van der Waals surface area contributed by atoms with Gasteiger partial charge in [-0.15, -0.1) is 0 Å². The van der Waals surface area contributed by atoms with Crippen molar-refractivity contribution >= 4 is 0 Å². The van der Waals surface area contributed by atoms with Gasteiger partial charge in [0, 0.05) is 13.2 Å². The summed E-state index contributed by atoms with van der Waals surface area (Å²) in [7, 11) is 0. The number of ether oxygens (including phenoxy) is 1. The Kier molecular flexibility index (Phi) is 15.4. The standard InChI is InChI=1S/C17H34O2/c1-3-5-7-8-9-10-11-12-13-17(18)14-16-19-15-6-4-2/h10-11,17-18H,3-9,12-16H2,1-2H3/b11-10-/t17-/m1/s1. The fraction of sp³-hybridized carbons (Fsp3) is 0.882. The largest absolute Gasteiger partial charge is 0.393 e. The van der Waals surface area contributed by atoms with E-state index in [0.717, 1.165) is 32.3 Å². The fourth-order valence-corrected chi connectivity index (χ4v) is 1.93. The Hall–Kier alpha value is -0.340. The van der Waals surface area contributed by atoms with Crippen molar-refractivity contribution in [1.29, 1.82) is 0 Å². The number of hydrogen-bond acceptors (Lipinski definition) is 2. The highest BCUT2D eigenvalue weighted by molar-refractivity contribution is 4.82. The lowest BCUT2D eigenvalue weighted by atomic mass is 10.1. The topological polar surface area (TPSA) is 29.5 Å². The first-order valence-electron chi connectivity index (χ1n) is 8.22. The highest BCUT2D eigenvalue weighted by Crippen LogP contribution is 2.06. The molecule has 0 aromatic carbocycles. The highest BCUT2D eigenvalue weighted by Gasteiger charge is 2.02. The molecule has 0 aromatic rings. The van der Waals surface area contributed by atoms with Gasteiger partial charge in [0.1, 0.15) is 0 Å². The normalized spacial score (nSPS) is 13.2. The van der Waals surface area contributed by atoms with E-state index in [-0.39, 0.29) is 6.10 Å². The summed E-state index contributed by atoms with van der Waals surface area (Å²) in [5, 5.41) is 9.76. The number of hydrogen-bond donors (Lipinski definition) is 1. The number of aliphatic hydroxyl groups is 1. The first-order valence-corrected chi connectivity index (χ1v) is 8.22. The molecule has 0 aliphatic carbocycles. The molecule has 19 heavy (non-hydrogen) atoms. The Balaban J connectivity index is 3.23. The molecule has 2 nitrogen and oxygen atoms in total. The summed E-state index contributed by atoms with van der Waals surface area (Å²) in [5.41, 5.74) is 0. The quantitative estimate of drug-likeness (QED) is 0.361. The molecule has 114 valence electrons. The molecule has 0 aromatic heterocycles. The maximum Gasteiger partial charge on any atom is 0.0565 e. The van der Waals surface area contributed by atoms with E-state index in [0.29, 0.717) is 6.61 Å². The van der Waals surface area contributed by atoms with E-state index >= 15 is 0 Å². The number of aliphatic hydroxyl groups excluding tert-OH is 1. The predicted molar refractivity (Wildman–Crippen MR) is 83.5 cm³/mol. The van der Waals surface area contributed by atoms with Crippen LogP contribution < -0.4 is 0 Å². The smallest absolute Gasteiger partial charge is 0.0565 e. The molecule has 0 aliphatic rings. The van der Waals surface area contributed by atoms with E-state index in [1.807, 2.05) is 0 Å². The van der Waals surface area contributed by atoms with E-state index in [9.17, 15) is 5.11 Å². The fourth-order valence-electron chi connectivity index (χ4n) is 1.93. The zero-order valence-electron chi connectivity index (χ0n) is 13.1. The zero-order chi connectivity index (χ0) is 14.2. The average Bonchev–Trinajstić information content (AvgIpc) is 2.41. The molecule has 0 bridgehead atoms. The van der Waals surface area contributed by atoms with Crippen LogP contribution in [0.2, 0.25) is 0 Å². The molecule has 0 amide bonds. The minimum atomic E-state index is -0.202. The molecule has 0 saturated heterocycles. The number of unbranched alkanes of at least 4 members (excludes halogenated alkanes) is 5. The van der Waals surface area contributed by atoms with Gasteiger partial charge in [-0.3, -0.25) is 0 Å². The highest BCUT2D eigenvalue weighted by atomic mass is 16.5. The maximum atomic E-state index is 9.76. The van der Waals surface area contributed by atoms with Gasteiger partial charge in [-0.2, -0.15) is 0 Å². The second-order valence-corrected chi connectivity index (χ2v) is 5.31. The Labute approximate surface area is 120 Å². The van der Waals surface area contributed by atoms with Crippen LogP contribution in [0.3, 0.4) is 0 Å². The Morgan fingerprint density at radius 1 is 0.842 bits per heavy atom. The van der Waals surface area contributed by atoms with Crippen LogP contribution in [0.4, 0.5) is 0 Å². The van der Waals surface area contributed by atoms with Crippen LogP contribution in [0.1, 0.15) is 78.1 Å². The summed E-state index contributed by atoms with van der Waals surface area (Å²) in [6.07, 6.45) is 15.7. The third kappa shape index (κ3) is 15.6. The summed E-state index contributed by atoms with van der Waals surface area (Å²) in [5.74, 6) is 0. The number of rotatable bonds is 14. The summed E-state index contributed by atoms with van der Waals surface area (Å²) in [6, 6.07) is 0. The van der Waals surface area contributed by atoms with Crippen LogP contribution >= 0.6 is 0 Å². The second-order valence-electron chi connectivity index (χ2n) is 5.31. The van der Waals surface area contributed by atoms with Gasteiger partial charge in [0.15, 0.2) is 0 Å². The van der Waals surface area contributed by atoms with E-state index in [4.69, 9.17) is 4.74 Å². The summed E-state index contributed by atoms with van der Waals surface area (Å²) in [4.78, 5) is 0. The van der Waals surface area contributed by atoms with Gasteiger partial charge in [-0.05, 0) is 38.5 Å². The molecule has 0 radical (unpaired) electrons. The predicted octanol–water partition coefficient (Wildman–Crippen LogP) is 4.86. The monoisotopic (exact) mass is 270 g/mol. The molecule has 0 fully saturated rings. The third-order valence-electron chi connectivity index (χ3n) is 3.30. The van der Waals surface area contributed by atoms with Crippen molar-refractivity contribution < 1.29 is 9.84 Å². The molecule has 0 aliphatic heterocycles. The average molecular weight is 270 g/mol. The van der Waals surface area contributed by atoms with Gasteiger partial charge in [-0.1, -0.05) is 51.7 Å². The van der Waals surface area contributed by atoms with Crippen molar-refractivity contribution in [2.75, 3.05) is 13.2 Å². The van der Waals surface area contributed by atoms with E-state index in [1.54, 1.807) is 0 Å². The lowest BCUT2D eigenvalue weighted by Crippen LogP contribution is -2.10. The molecular formula is C17H34O2. The van der Waals surface area contributed by atoms with Gasteiger partial charge < -0.3 is 9.84 Å². The Morgan fingerprint density at radius 2 is 1.58 bits per heavy atom. The van der Waals surface area contributed by atoms with Crippen molar-refractivity contribution in [3.63, 3.8) is 0 Å². The van der Waals surface area contributed by atoms with Crippen molar-refractivity contribution in [3.8, 4) is 0 Å². The molecule has 2 heteroatoms. The van der Waals surface area contributed by atoms with Gasteiger partial charge >= 0.3 is 0 Å². The van der Waals surface area contributed by atoms with Gasteiger partial charge in [0.05, 0.1) is 6.10 Å². The summed E-state index contributed by atoms with van der Waals surface area (Å²) in [6.45, 7) is 5.93. The van der Waals surface area contributed by atoms with Crippen molar-refractivity contribution in [1.82, 2.24) is 0 Å². The van der Waals surface area contributed by atoms with Gasteiger partial charge in [0.2, 0.25) is 0 Å². The first-order chi connectivity index (χ1) is 9.31. The molecule has 0 spiro atoms. The van der Waals surface area contributed by atoms with E-state index in [1.165, 1.54) is 38.5 Å². The zero-order valence-corrected chi connectivity index (χ0v) is 13.1. The Bertz CT molecular complexity index is 190. The molecule has 0 saturated carbocycles. The number of allylic oxidation sites excluding steroid dienone is 2. The minimum absolute atomic E-state index is 0.202. The molecule has 1 N–H and O–H groups in total. The molecule has 0 unspecified atom stereocenters. The molecular weight excluding hydrogens is 236 g/mol. The van der Waals surface area contributed by atoms with Gasteiger partial charge in [-0.25, -0.2) is 0 Å². The van der Waals surface area contributed by atoms with E-state index in [2.05, 4.69) is 26.0 Å². The summed E-state index contributed by atoms with van der Waals surface area (Å²) < 4.78 is 5.45. The van der Waals surface area contributed by atoms with Crippen LogP contribution in [0, 0.1) is 0 Å². The summed E-state index contributed by atoms with van der Waals surface area (Å²) >= 11 is 0. The maximum absolute atomic E-state index is 9.76. The first kappa shape index (κ1) is 18.7. The van der Waals surface area contributed by atoms with Crippen LogP contribution in [-0.4, -0.2) is 24.4 Å². The lowest BCUT2D eigenvalue weighted by Gasteiger charge is -2.09. The lowest BCUT2D eigenvalue weighted by molar-refractivity contribution is 0.0773. The molecule has 0 heterocycles.